The highest BCUT2D eigenvalue weighted by Crippen LogP contribution is 2.21. The van der Waals surface area contributed by atoms with E-state index in [4.69, 9.17) is 16.9 Å². The molecule has 0 aromatic rings. The molecule has 92 valence electrons. The average Bonchev–Trinajstić information content (AvgIpc) is 2.71. The maximum absolute atomic E-state index is 5.83. The fourth-order valence-electron chi connectivity index (χ4n) is 2.22. The molecule has 1 rings (SSSR count). The van der Waals surface area contributed by atoms with Crippen molar-refractivity contribution in [2.45, 2.75) is 63.8 Å². The summed E-state index contributed by atoms with van der Waals surface area (Å²) in [6.07, 6.45) is 10.4. The van der Waals surface area contributed by atoms with Crippen molar-refractivity contribution < 1.29 is 4.74 Å². The fourth-order valence-corrected chi connectivity index (χ4v) is 2.22. The maximum atomic E-state index is 5.83. The van der Waals surface area contributed by atoms with Crippen molar-refractivity contribution in [2.24, 2.45) is 5.73 Å². The van der Waals surface area contributed by atoms with Gasteiger partial charge in [0.25, 0.3) is 0 Å². The lowest BCUT2D eigenvalue weighted by molar-refractivity contribution is 0.0323. The summed E-state index contributed by atoms with van der Waals surface area (Å²) in [6.45, 7) is 4.83. The standard InChI is InChI=1S/C13H24N2O/c1-4-6-11(5-2)15-12(9-14)13-8-7-10(3)16-13/h2,10-13,15H,4,6-9,14H2,1,3H3. The molecular weight excluding hydrogens is 200 g/mol. The highest BCUT2D eigenvalue weighted by molar-refractivity contribution is 5.01. The van der Waals surface area contributed by atoms with Gasteiger partial charge in [-0.15, -0.1) is 6.42 Å². The maximum Gasteiger partial charge on any atom is 0.0745 e. The van der Waals surface area contributed by atoms with Gasteiger partial charge in [-0.05, 0) is 26.2 Å². The van der Waals surface area contributed by atoms with Crippen LogP contribution in [0.2, 0.25) is 0 Å². The molecule has 3 heteroatoms. The van der Waals surface area contributed by atoms with E-state index in [1.54, 1.807) is 0 Å². The Morgan fingerprint density at radius 1 is 1.56 bits per heavy atom. The van der Waals surface area contributed by atoms with Crippen molar-refractivity contribution in [3.63, 3.8) is 0 Å². The second kappa shape index (κ2) is 6.90. The first-order valence-electron chi connectivity index (χ1n) is 6.29. The van der Waals surface area contributed by atoms with E-state index in [1.807, 2.05) is 0 Å². The molecule has 3 N–H and O–H groups in total. The molecule has 4 unspecified atom stereocenters. The molecule has 0 aromatic heterocycles. The third-order valence-electron chi connectivity index (χ3n) is 3.16. The molecule has 4 atom stereocenters. The molecule has 0 spiro atoms. The van der Waals surface area contributed by atoms with Crippen LogP contribution in [0.4, 0.5) is 0 Å². The van der Waals surface area contributed by atoms with Crippen molar-refractivity contribution in [1.29, 1.82) is 0 Å². The SMILES string of the molecule is C#CC(CCC)NC(CN)C1CCC(C)O1. The van der Waals surface area contributed by atoms with Gasteiger partial charge in [0.2, 0.25) is 0 Å². The van der Waals surface area contributed by atoms with Crippen molar-refractivity contribution in [2.75, 3.05) is 6.54 Å². The Hall–Kier alpha value is -0.560. The van der Waals surface area contributed by atoms with Crippen LogP contribution in [0.3, 0.4) is 0 Å². The topological polar surface area (TPSA) is 47.3 Å². The van der Waals surface area contributed by atoms with E-state index < -0.39 is 0 Å². The molecule has 0 radical (unpaired) electrons. The molecule has 1 saturated heterocycles. The number of hydrogen-bond acceptors (Lipinski definition) is 3. The van der Waals surface area contributed by atoms with E-state index in [0.29, 0.717) is 12.6 Å². The van der Waals surface area contributed by atoms with Crippen LogP contribution in [0.25, 0.3) is 0 Å². The van der Waals surface area contributed by atoms with E-state index >= 15 is 0 Å². The van der Waals surface area contributed by atoms with E-state index in [-0.39, 0.29) is 18.2 Å². The zero-order valence-electron chi connectivity index (χ0n) is 10.4. The molecule has 0 saturated carbocycles. The Labute approximate surface area is 99.1 Å². The van der Waals surface area contributed by atoms with Crippen LogP contribution in [0.5, 0.6) is 0 Å². The summed E-state index contributed by atoms with van der Waals surface area (Å²) in [6, 6.07) is 0.315. The monoisotopic (exact) mass is 224 g/mol. The zero-order chi connectivity index (χ0) is 12.0. The third-order valence-corrected chi connectivity index (χ3v) is 3.16. The van der Waals surface area contributed by atoms with Crippen molar-refractivity contribution in [1.82, 2.24) is 5.32 Å². The highest BCUT2D eigenvalue weighted by Gasteiger charge is 2.29. The van der Waals surface area contributed by atoms with Gasteiger partial charge in [-0.1, -0.05) is 19.3 Å². The van der Waals surface area contributed by atoms with Crippen molar-refractivity contribution in [3.05, 3.63) is 0 Å². The lowest BCUT2D eigenvalue weighted by Gasteiger charge is -2.26. The van der Waals surface area contributed by atoms with E-state index in [9.17, 15) is 0 Å². The molecular formula is C13H24N2O. The number of rotatable bonds is 6. The molecule has 0 bridgehead atoms. The quantitative estimate of drug-likeness (QED) is 0.668. The first-order valence-corrected chi connectivity index (χ1v) is 6.29. The first kappa shape index (κ1) is 13.5. The van der Waals surface area contributed by atoms with Crippen LogP contribution in [-0.4, -0.2) is 30.8 Å². The van der Waals surface area contributed by atoms with E-state index in [1.165, 1.54) is 0 Å². The van der Waals surface area contributed by atoms with Crippen LogP contribution < -0.4 is 11.1 Å². The summed E-state index contributed by atoms with van der Waals surface area (Å²) in [4.78, 5) is 0. The van der Waals surface area contributed by atoms with Crippen LogP contribution in [-0.2, 0) is 4.74 Å². The molecule has 1 heterocycles. The minimum Gasteiger partial charge on any atom is -0.374 e. The smallest absolute Gasteiger partial charge is 0.0745 e. The van der Waals surface area contributed by atoms with Gasteiger partial charge in [-0.3, -0.25) is 5.32 Å². The zero-order valence-corrected chi connectivity index (χ0v) is 10.4. The molecule has 0 aromatic carbocycles. The Kier molecular flexibility index (Phi) is 5.83. The summed E-state index contributed by atoms with van der Waals surface area (Å²) < 4.78 is 5.83. The van der Waals surface area contributed by atoms with Gasteiger partial charge >= 0.3 is 0 Å². The molecule has 3 nitrogen and oxygen atoms in total. The van der Waals surface area contributed by atoms with Gasteiger partial charge < -0.3 is 10.5 Å². The average molecular weight is 224 g/mol. The summed E-state index contributed by atoms with van der Waals surface area (Å²) in [5.74, 6) is 2.78. The molecule has 0 aliphatic carbocycles. The first-order chi connectivity index (χ1) is 7.71. The number of terminal acetylenes is 1. The molecule has 1 fully saturated rings. The molecule has 16 heavy (non-hydrogen) atoms. The normalized spacial score (nSPS) is 28.6. The van der Waals surface area contributed by atoms with E-state index in [2.05, 4.69) is 25.1 Å². The van der Waals surface area contributed by atoms with Gasteiger partial charge in [0.15, 0.2) is 0 Å². The van der Waals surface area contributed by atoms with Gasteiger partial charge in [-0.25, -0.2) is 0 Å². The van der Waals surface area contributed by atoms with Crippen LogP contribution >= 0.6 is 0 Å². The lowest BCUT2D eigenvalue weighted by Crippen LogP contribution is -2.49. The lowest BCUT2D eigenvalue weighted by atomic mass is 10.0. The van der Waals surface area contributed by atoms with Gasteiger partial charge in [0, 0.05) is 12.6 Å². The number of ether oxygens (including phenoxy) is 1. The Bertz CT molecular complexity index is 237. The van der Waals surface area contributed by atoms with Crippen LogP contribution in [0.15, 0.2) is 0 Å². The number of hydrogen-bond donors (Lipinski definition) is 2. The fraction of sp³-hybridized carbons (Fsp3) is 0.846. The molecule has 0 amide bonds. The highest BCUT2D eigenvalue weighted by atomic mass is 16.5. The van der Waals surface area contributed by atoms with Gasteiger partial charge in [-0.2, -0.15) is 0 Å². The predicted octanol–water partition coefficient (Wildman–Crippen LogP) is 1.27. The minimum atomic E-state index is 0.123. The van der Waals surface area contributed by atoms with Gasteiger partial charge in [0.05, 0.1) is 18.2 Å². The summed E-state index contributed by atoms with van der Waals surface area (Å²) in [7, 11) is 0. The van der Waals surface area contributed by atoms with Gasteiger partial charge in [0.1, 0.15) is 0 Å². The Morgan fingerprint density at radius 3 is 2.75 bits per heavy atom. The van der Waals surface area contributed by atoms with Crippen molar-refractivity contribution >= 4 is 0 Å². The van der Waals surface area contributed by atoms with Crippen molar-refractivity contribution in [3.8, 4) is 12.3 Å². The predicted molar refractivity (Wildman–Crippen MR) is 67.1 cm³/mol. The minimum absolute atomic E-state index is 0.123. The summed E-state index contributed by atoms with van der Waals surface area (Å²) in [5, 5.41) is 3.43. The number of nitrogens with one attached hydrogen (secondary N) is 1. The third kappa shape index (κ3) is 3.79. The van der Waals surface area contributed by atoms with Crippen LogP contribution in [0.1, 0.15) is 39.5 Å². The largest absolute Gasteiger partial charge is 0.374 e. The Morgan fingerprint density at radius 2 is 2.31 bits per heavy atom. The summed E-state index contributed by atoms with van der Waals surface area (Å²) >= 11 is 0. The molecule has 1 aliphatic rings. The Balaban J connectivity index is 2.44. The van der Waals surface area contributed by atoms with Crippen LogP contribution in [0, 0.1) is 12.3 Å². The second-order valence-corrected chi connectivity index (χ2v) is 4.58. The molecule has 1 aliphatic heterocycles. The second-order valence-electron chi connectivity index (χ2n) is 4.58. The number of nitrogens with two attached hydrogens (primary N) is 1. The van der Waals surface area contributed by atoms with E-state index in [0.717, 1.165) is 25.7 Å². The summed E-state index contributed by atoms with van der Waals surface area (Å²) in [5.41, 5.74) is 5.79.